The maximum absolute atomic E-state index is 12.6. The van der Waals surface area contributed by atoms with E-state index in [0.29, 0.717) is 19.0 Å². The first kappa shape index (κ1) is 23.4. The molecule has 2 aromatic rings. The first-order chi connectivity index (χ1) is 15.2. The highest BCUT2D eigenvalue weighted by Crippen LogP contribution is 2.20. The van der Waals surface area contributed by atoms with Crippen molar-refractivity contribution in [2.45, 2.75) is 11.4 Å². The summed E-state index contributed by atoms with van der Waals surface area (Å²) in [5, 5.41) is 11.1. The monoisotopic (exact) mass is 467 g/mol. The fourth-order valence-electron chi connectivity index (χ4n) is 3.05. The van der Waals surface area contributed by atoms with Crippen LogP contribution in [0.5, 0.6) is 5.75 Å². The second kappa shape index (κ2) is 9.89. The van der Waals surface area contributed by atoms with E-state index in [0.717, 1.165) is 23.9 Å². The Bertz CT molecular complexity index is 1150. The molecule has 0 atom stereocenters. The normalized spacial score (nSPS) is 14.7. The fourth-order valence-corrected chi connectivity index (χ4v) is 4.46. The number of morpholine rings is 1. The van der Waals surface area contributed by atoms with Crippen LogP contribution in [-0.2, 0) is 26.0 Å². The number of rotatable bonds is 8. The molecule has 12 nitrogen and oxygen atoms in total. The van der Waals surface area contributed by atoms with Gasteiger partial charge in [-0.05, 0) is 24.3 Å². The summed E-state index contributed by atoms with van der Waals surface area (Å²) in [6.45, 7) is 1.11. The lowest BCUT2D eigenvalue weighted by molar-refractivity contribution is -0.385. The van der Waals surface area contributed by atoms with E-state index >= 15 is 0 Å². The minimum atomic E-state index is -3.63. The number of hydrogen-bond donors (Lipinski definition) is 0. The summed E-state index contributed by atoms with van der Waals surface area (Å²) in [5.41, 5.74) is -1.65. The fraction of sp³-hybridized carbons (Fsp3) is 0.368. The predicted octanol–water partition coefficient (Wildman–Crippen LogP) is 0.643. The van der Waals surface area contributed by atoms with Crippen LogP contribution in [0.3, 0.4) is 0 Å². The van der Waals surface area contributed by atoms with Gasteiger partial charge in [-0.3, -0.25) is 14.9 Å². The SMILES string of the molecule is COC(=O)c1cc([N+](=O)[O-])cn(CCOc2ccc(S(=O)(=O)N3CCOCC3)cc2)c1=O. The first-order valence-electron chi connectivity index (χ1n) is 9.52. The highest BCUT2D eigenvalue weighted by molar-refractivity contribution is 7.89. The molecule has 1 aliphatic heterocycles. The number of sulfonamides is 1. The number of esters is 1. The number of methoxy groups -OCH3 is 1. The van der Waals surface area contributed by atoms with Crippen molar-refractivity contribution in [3.05, 3.63) is 62.6 Å². The summed E-state index contributed by atoms with van der Waals surface area (Å²) < 4.78 is 42.8. The Morgan fingerprint density at radius 1 is 1.22 bits per heavy atom. The van der Waals surface area contributed by atoms with Crippen molar-refractivity contribution >= 4 is 21.7 Å². The average molecular weight is 467 g/mol. The summed E-state index contributed by atoms with van der Waals surface area (Å²) in [6, 6.07) is 6.63. The van der Waals surface area contributed by atoms with Crippen molar-refractivity contribution in [1.29, 1.82) is 0 Å². The lowest BCUT2D eigenvalue weighted by Crippen LogP contribution is -2.40. The van der Waals surface area contributed by atoms with Gasteiger partial charge in [0.15, 0.2) is 0 Å². The van der Waals surface area contributed by atoms with Crippen LogP contribution in [-0.4, -0.2) is 68.2 Å². The summed E-state index contributed by atoms with van der Waals surface area (Å²) >= 11 is 0. The van der Waals surface area contributed by atoms with Crippen molar-refractivity contribution in [3.63, 3.8) is 0 Å². The number of carbonyl (C=O) groups is 1. The minimum Gasteiger partial charge on any atom is -0.492 e. The van der Waals surface area contributed by atoms with Crippen LogP contribution in [0.2, 0.25) is 0 Å². The lowest BCUT2D eigenvalue weighted by atomic mass is 10.2. The van der Waals surface area contributed by atoms with E-state index in [9.17, 15) is 28.1 Å². The second-order valence-electron chi connectivity index (χ2n) is 6.70. The highest BCUT2D eigenvalue weighted by Gasteiger charge is 2.26. The molecule has 2 heterocycles. The quantitative estimate of drug-likeness (QED) is 0.310. The van der Waals surface area contributed by atoms with E-state index in [1.54, 1.807) is 0 Å². The Morgan fingerprint density at radius 3 is 2.47 bits per heavy atom. The zero-order valence-electron chi connectivity index (χ0n) is 17.1. The number of benzene rings is 1. The molecule has 0 amide bonds. The van der Waals surface area contributed by atoms with Crippen molar-refractivity contribution < 1.29 is 32.3 Å². The molecule has 1 saturated heterocycles. The minimum absolute atomic E-state index is 0.0583. The summed E-state index contributed by atoms with van der Waals surface area (Å²) in [7, 11) is -2.57. The molecule has 0 bridgehead atoms. The second-order valence-corrected chi connectivity index (χ2v) is 8.63. The van der Waals surface area contributed by atoms with Gasteiger partial charge in [0.2, 0.25) is 10.0 Å². The zero-order valence-corrected chi connectivity index (χ0v) is 17.9. The summed E-state index contributed by atoms with van der Waals surface area (Å²) in [6.07, 6.45) is 1.01. The molecule has 0 N–H and O–H groups in total. The third-order valence-corrected chi connectivity index (χ3v) is 6.63. The maximum Gasteiger partial charge on any atom is 0.343 e. The van der Waals surface area contributed by atoms with Crippen molar-refractivity contribution in [3.8, 4) is 5.75 Å². The molecule has 0 unspecified atom stereocenters. The molecule has 1 aromatic heterocycles. The van der Waals surface area contributed by atoms with Gasteiger partial charge < -0.3 is 18.8 Å². The number of hydrogen-bond acceptors (Lipinski definition) is 9. The van der Waals surface area contributed by atoms with Crippen LogP contribution in [0.4, 0.5) is 5.69 Å². The summed E-state index contributed by atoms with van der Waals surface area (Å²) in [5.74, 6) is -0.636. The molecule has 0 aliphatic carbocycles. The van der Waals surface area contributed by atoms with E-state index in [-0.39, 0.29) is 31.1 Å². The van der Waals surface area contributed by atoms with Gasteiger partial charge in [0.25, 0.3) is 11.2 Å². The van der Waals surface area contributed by atoms with Gasteiger partial charge in [-0.2, -0.15) is 4.31 Å². The Kier molecular flexibility index (Phi) is 7.22. The molecule has 32 heavy (non-hydrogen) atoms. The number of ether oxygens (including phenoxy) is 3. The van der Waals surface area contributed by atoms with Crippen molar-refractivity contribution in [2.75, 3.05) is 40.0 Å². The number of nitro groups is 1. The van der Waals surface area contributed by atoms with Crippen LogP contribution < -0.4 is 10.3 Å². The Morgan fingerprint density at radius 2 is 1.88 bits per heavy atom. The molecular formula is C19H21N3O9S. The van der Waals surface area contributed by atoms with Crippen molar-refractivity contribution in [1.82, 2.24) is 8.87 Å². The van der Waals surface area contributed by atoms with E-state index < -0.39 is 37.7 Å². The van der Waals surface area contributed by atoms with Gasteiger partial charge in [0.05, 0.1) is 42.9 Å². The van der Waals surface area contributed by atoms with Gasteiger partial charge in [0, 0.05) is 19.2 Å². The molecule has 3 rings (SSSR count). The number of aromatic nitrogens is 1. The molecule has 0 spiro atoms. The maximum atomic E-state index is 12.6. The van der Waals surface area contributed by atoms with E-state index in [1.807, 2.05) is 0 Å². The molecule has 172 valence electrons. The number of nitrogens with zero attached hydrogens (tertiary/aromatic N) is 3. The standard InChI is InChI=1S/C19H21N3O9S/c1-29-19(24)17-12-14(22(25)26)13-20(18(17)23)6-11-31-15-2-4-16(5-3-15)32(27,28)21-7-9-30-10-8-21/h2-5,12-13H,6-11H2,1H3. The van der Waals surface area contributed by atoms with Crippen LogP contribution in [0, 0.1) is 10.1 Å². The molecule has 1 fully saturated rings. The van der Waals surface area contributed by atoms with Crippen molar-refractivity contribution in [2.24, 2.45) is 0 Å². The lowest BCUT2D eigenvalue weighted by Gasteiger charge is -2.26. The van der Waals surface area contributed by atoms with E-state index in [2.05, 4.69) is 4.74 Å². The van der Waals surface area contributed by atoms with Crippen LogP contribution in [0.1, 0.15) is 10.4 Å². The zero-order chi connectivity index (χ0) is 23.3. The van der Waals surface area contributed by atoms with Crippen LogP contribution in [0.25, 0.3) is 0 Å². The first-order valence-corrected chi connectivity index (χ1v) is 11.0. The Hall–Kier alpha value is -3.29. The largest absolute Gasteiger partial charge is 0.492 e. The van der Waals surface area contributed by atoms with E-state index in [1.165, 1.54) is 28.6 Å². The smallest absolute Gasteiger partial charge is 0.343 e. The average Bonchev–Trinajstić information content (AvgIpc) is 2.80. The third-order valence-electron chi connectivity index (χ3n) is 4.72. The number of pyridine rings is 1. The molecule has 13 heteroatoms. The van der Waals surface area contributed by atoms with Gasteiger partial charge in [-0.25, -0.2) is 13.2 Å². The molecule has 1 aliphatic rings. The van der Waals surface area contributed by atoms with Crippen LogP contribution >= 0.6 is 0 Å². The highest BCUT2D eigenvalue weighted by atomic mass is 32.2. The van der Waals surface area contributed by atoms with Gasteiger partial charge >= 0.3 is 5.97 Å². The molecule has 1 aromatic carbocycles. The van der Waals surface area contributed by atoms with Gasteiger partial charge in [0.1, 0.15) is 17.9 Å². The Balaban J connectivity index is 1.69. The third kappa shape index (κ3) is 5.12. The topological polar surface area (TPSA) is 147 Å². The number of carbonyl (C=O) groups excluding carboxylic acids is 1. The van der Waals surface area contributed by atoms with Crippen LogP contribution in [0.15, 0.2) is 46.2 Å². The molecule has 0 saturated carbocycles. The van der Waals surface area contributed by atoms with Gasteiger partial charge in [-0.15, -0.1) is 0 Å². The summed E-state index contributed by atoms with van der Waals surface area (Å²) in [4.78, 5) is 34.6. The molecule has 0 radical (unpaired) electrons. The Labute approximate surface area is 183 Å². The van der Waals surface area contributed by atoms with E-state index in [4.69, 9.17) is 9.47 Å². The van der Waals surface area contributed by atoms with Gasteiger partial charge in [-0.1, -0.05) is 0 Å². The predicted molar refractivity (Wildman–Crippen MR) is 110 cm³/mol. The molecular weight excluding hydrogens is 446 g/mol.